The summed E-state index contributed by atoms with van der Waals surface area (Å²) in [6.07, 6.45) is 24.2. The molecule has 2 saturated heterocycles. The first-order valence-electron chi connectivity index (χ1n) is 46.1. The zero-order chi connectivity index (χ0) is 101. The SMILES string of the molecule is CC1(C)C(/C=C/C2=C(Oc3ccc(S(=O)(=O)[O-])cc3)C(=C/C=C3/N(CCCCS(=O)(=O)[O-])c4ccccc4C3(C)C)/CCC2)=[N+](CCCCCC(=O)ON2C(=O)CCC2=O)c2ccccc21.CC1(C)C(=CC=C2CCCC(C=CC3=[N+](CCCCS(=O)(=O)[O-])c4ccc(OS(=O)[O-])cc4C3(C)C)=C2Oc2ccc(S(=O)(=O)[O-])cc2)N(CCCCCC(=O)ON2C(=O)CCC2=O)c2ccc(S(=O)(=O)[O-])cc21.[Na+].[Na+].[Na+]. The first-order chi connectivity index (χ1) is 65.9. The van der Waals surface area contributed by atoms with Gasteiger partial charge in [-0.2, -0.15) is 9.15 Å². The molecule has 1 unspecified atom stereocenters. The van der Waals surface area contributed by atoms with Crippen molar-refractivity contribution in [2.24, 2.45) is 0 Å². The van der Waals surface area contributed by atoms with Crippen molar-refractivity contribution in [1.29, 1.82) is 0 Å². The first kappa shape index (κ1) is 116. The first-order valence-corrected chi connectivity index (χ1v) is 54.5. The summed E-state index contributed by atoms with van der Waals surface area (Å²) in [5, 5.41) is 1.08. The molecule has 6 aliphatic heterocycles. The van der Waals surface area contributed by atoms with Crippen LogP contribution in [0.15, 0.2) is 242 Å². The molecule has 0 radical (unpaired) electrons. The number of carbonyl (C=O) groups is 6. The summed E-state index contributed by atoms with van der Waals surface area (Å²) in [7, 11) is -23.1. The van der Waals surface area contributed by atoms with Crippen molar-refractivity contribution in [3.8, 4) is 17.2 Å². The Morgan fingerprint density at radius 2 is 0.783 bits per heavy atom. The topological polar surface area (TPSA) is 494 Å². The van der Waals surface area contributed by atoms with E-state index in [4.69, 9.17) is 23.3 Å². The average molecular weight is 2110 g/mol. The molecule has 4 amide bonds. The molecule has 14 rings (SSSR count). The van der Waals surface area contributed by atoms with Gasteiger partial charge in [0.05, 0.1) is 45.8 Å². The molecule has 0 saturated carbocycles. The second-order valence-corrected chi connectivity index (χ2v) is 45.0. The maximum Gasteiger partial charge on any atom is 1.00 e. The summed E-state index contributed by atoms with van der Waals surface area (Å²) in [6.45, 7) is 18.2. The Morgan fingerprint density at radius 1 is 0.399 bits per heavy atom. The summed E-state index contributed by atoms with van der Waals surface area (Å²) >= 11 is -2.85. The molecule has 34 nitrogen and oxygen atoms in total. The van der Waals surface area contributed by atoms with Crippen LogP contribution >= 0.6 is 0 Å². The number of hydrogen-bond donors (Lipinski definition) is 0. The molecule has 143 heavy (non-hydrogen) atoms. The van der Waals surface area contributed by atoms with E-state index in [1.165, 1.54) is 60.2 Å². The Labute approximate surface area is 903 Å². The van der Waals surface area contributed by atoms with Gasteiger partial charge in [0.25, 0.3) is 23.6 Å². The molecule has 0 bridgehead atoms. The number of carbonyl (C=O) groups excluding carboxylic acids is 6. The van der Waals surface area contributed by atoms with Gasteiger partial charge in [-0.15, -0.1) is 10.1 Å². The van der Waals surface area contributed by atoms with Crippen LogP contribution in [0.5, 0.6) is 17.2 Å². The van der Waals surface area contributed by atoms with Gasteiger partial charge in [-0.3, -0.25) is 19.2 Å². The van der Waals surface area contributed by atoms with Crippen LogP contribution in [0.2, 0.25) is 0 Å². The van der Waals surface area contributed by atoms with Crippen LogP contribution < -0.4 is 112 Å². The van der Waals surface area contributed by atoms with Crippen molar-refractivity contribution in [2.75, 3.05) is 47.5 Å². The van der Waals surface area contributed by atoms with Gasteiger partial charge in [0.1, 0.15) is 83.6 Å². The second kappa shape index (κ2) is 48.6. The smallest absolute Gasteiger partial charge is 0.748 e. The van der Waals surface area contributed by atoms with E-state index in [0.29, 0.717) is 164 Å². The quantitative estimate of drug-likeness (QED) is 0.0117. The fourth-order valence-electron chi connectivity index (χ4n) is 19.0. The maximum absolute atomic E-state index is 12.5. The van der Waals surface area contributed by atoms with Crippen molar-refractivity contribution in [3.63, 3.8) is 0 Å². The Bertz CT molecular complexity index is 6870. The van der Waals surface area contributed by atoms with Crippen molar-refractivity contribution in [3.05, 3.63) is 250 Å². The molecule has 2 aliphatic carbocycles. The summed E-state index contributed by atoms with van der Waals surface area (Å²) in [4.78, 5) is 85.7. The van der Waals surface area contributed by atoms with E-state index in [1.54, 1.807) is 18.2 Å². The predicted octanol–water partition coefficient (Wildman–Crippen LogP) is 5.37. The normalized spacial score (nSPS) is 18.9. The molecule has 43 heteroatoms. The van der Waals surface area contributed by atoms with E-state index in [9.17, 15) is 102 Å². The fourth-order valence-corrected chi connectivity index (χ4v) is 21.8. The standard InChI is InChI=1S/C50H57N3O17S4.C50H57N3O11S2.3Na/c1-49(2)39-31-36(70-71(57)58)18-22-41(39)52(29-8-9-30-72(59,60)61)43(49)24-14-33-11-10-12-34(48(33)68-35-16-19-37(20-17-35)73(62,63)64)15-25-44-50(3,4)40-32-38(74(65,66)67)21-23-42(40)51(44)28-7-5-6-13-47(56)69-53-45(54)26-27-46(53)55;1-49(2)39-17-7-9-19-41(39)51(32-11-5-6-21-47(56)64-53-45(54)30-31-46(53)55)43(49)28-22-35-15-14-16-36(48(35)63-37-24-26-38(27-25-37)66(60,61)62)23-29-44-50(3,4)40-18-8-10-20-42(40)52(44)33-12-13-34-65(57,58)59;;;/h14-25,31-32H,5-13,26-30H2,1-4H3,(H3-,57,58,59,60,61,62,63,64,65,66,67);7-10,17-20,22-29H,5-6,11-16,21,30-34H2,1-4H3,(H-,57,58,59,60,61,62);;;/q;;3*+1/p-4. The van der Waals surface area contributed by atoms with Gasteiger partial charge in [-0.05, 0) is 254 Å². The second-order valence-electron chi connectivity index (χ2n) is 37.3. The van der Waals surface area contributed by atoms with E-state index in [-0.39, 0.29) is 162 Å². The number of para-hydroxylation sites is 2. The van der Waals surface area contributed by atoms with Gasteiger partial charge < -0.3 is 60.4 Å². The molecule has 6 aromatic rings. The molecule has 1 atom stereocenters. The molecule has 748 valence electrons. The minimum atomic E-state index is -4.83. The number of hydrogen-bond acceptors (Lipinski definition) is 30. The Morgan fingerprint density at radius 3 is 1.24 bits per heavy atom. The molecular formula is C100H110N6Na3O28S6-. The van der Waals surface area contributed by atoms with E-state index < -0.39 is 135 Å². The molecule has 0 N–H and O–H groups in total. The van der Waals surface area contributed by atoms with E-state index in [0.717, 1.165) is 75.9 Å². The molecule has 0 aromatic heterocycles. The fraction of sp³-hybridized carbons (Fsp3) is 0.400. The van der Waals surface area contributed by atoms with Gasteiger partial charge in [-0.25, -0.2) is 55.9 Å². The van der Waals surface area contributed by atoms with E-state index in [1.807, 2.05) is 91.8 Å². The summed E-state index contributed by atoms with van der Waals surface area (Å²) in [5.41, 5.74) is 11.4. The van der Waals surface area contributed by atoms with Gasteiger partial charge in [0, 0.05) is 145 Å². The molecule has 2 fully saturated rings. The number of fused-ring (bicyclic) bond motifs is 4. The third kappa shape index (κ3) is 28.7. The number of allylic oxidation sites excluding steroid dienone is 14. The van der Waals surface area contributed by atoms with E-state index >= 15 is 0 Å². The van der Waals surface area contributed by atoms with Crippen LogP contribution in [0.4, 0.5) is 22.7 Å². The number of ether oxygens (including phenoxy) is 2. The Kier molecular flexibility index (Phi) is 39.6. The third-order valence-electron chi connectivity index (χ3n) is 26.1. The number of imide groups is 2. The summed E-state index contributed by atoms with van der Waals surface area (Å²) < 4.78 is 222. The molecule has 8 aliphatic rings. The Hall–Kier alpha value is -8.54. The van der Waals surface area contributed by atoms with Gasteiger partial charge in [-0.1, -0.05) is 82.7 Å². The minimum Gasteiger partial charge on any atom is -0.748 e. The maximum atomic E-state index is 12.5. The molecule has 6 aromatic carbocycles. The minimum absolute atomic E-state index is 0. The third-order valence-corrected chi connectivity index (χ3v) is 30.6. The largest absolute Gasteiger partial charge is 1.00 e. The monoisotopic (exact) mass is 2100 g/mol. The predicted molar refractivity (Wildman–Crippen MR) is 511 cm³/mol. The Balaban J connectivity index is 0.000000289. The number of anilines is 2. The number of nitrogens with zero attached hydrogens (tertiary/aromatic N) is 6. The summed E-state index contributed by atoms with van der Waals surface area (Å²) in [5.74, 6) is -2.83. The van der Waals surface area contributed by atoms with E-state index in [2.05, 4.69) is 79.7 Å². The number of amides is 4. The zero-order valence-electron chi connectivity index (χ0n) is 81.7. The van der Waals surface area contributed by atoms with Crippen molar-refractivity contribution >= 4 is 132 Å². The number of rotatable bonds is 39. The van der Waals surface area contributed by atoms with Crippen LogP contribution in [0.3, 0.4) is 0 Å². The van der Waals surface area contributed by atoms with Crippen molar-refractivity contribution < 1.29 is 224 Å². The van der Waals surface area contributed by atoms with Gasteiger partial charge >= 0.3 is 101 Å². The van der Waals surface area contributed by atoms with Crippen LogP contribution in [0, 0.1) is 0 Å². The van der Waals surface area contributed by atoms with Gasteiger partial charge in [0.2, 0.25) is 11.4 Å². The molecule has 0 spiro atoms. The average Bonchev–Trinajstić information content (AvgIpc) is 1.59. The number of benzene rings is 6. The zero-order valence-corrected chi connectivity index (χ0v) is 92.6. The number of unbranched alkanes of at least 4 members (excludes halogenated alkanes) is 6. The number of hydroxylamine groups is 4. The van der Waals surface area contributed by atoms with Crippen LogP contribution in [0.1, 0.15) is 219 Å². The van der Waals surface area contributed by atoms with Gasteiger partial charge in [0.15, 0.2) is 11.4 Å². The molecule has 6 heterocycles. The van der Waals surface area contributed by atoms with Crippen LogP contribution in [-0.2, 0) is 122 Å². The summed E-state index contributed by atoms with van der Waals surface area (Å²) in [6, 6.07) is 35.8. The van der Waals surface area contributed by atoms with Crippen LogP contribution in [0.25, 0.3) is 0 Å². The molecular weight excluding hydrogens is 1990 g/mol. The van der Waals surface area contributed by atoms with Crippen molar-refractivity contribution in [1.82, 2.24) is 10.1 Å². The van der Waals surface area contributed by atoms with Crippen molar-refractivity contribution in [2.45, 2.75) is 233 Å². The van der Waals surface area contributed by atoms with Crippen LogP contribution in [-0.4, -0.2) is 178 Å².